The molecular formula is C29H22F6N2O4S3. The number of alkyl halides is 6. The minimum absolute atomic E-state index is 0.0529. The molecule has 2 heterocycles. The Bertz CT molecular complexity index is 1620. The number of hydrogen-bond donors (Lipinski definition) is 1. The third-order valence-electron chi connectivity index (χ3n) is 5.79. The van der Waals surface area contributed by atoms with Crippen molar-refractivity contribution in [3.05, 3.63) is 80.4 Å². The Balaban J connectivity index is 1.45. The van der Waals surface area contributed by atoms with Gasteiger partial charge in [-0.2, -0.15) is 26.3 Å². The quantitative estimate of drug-likeness (QED) is 0.123. The van der Waals surface area contributed by atoms with Gasteiger partial charge in [0.1, 0.15) is 16.5 Å². The SMILES string of the molecule is CC(C)(C)OC(=O)c1ccc(NC(=O)CN2C(=O)C(=Cc3cc(-c4cc(C(F)(F)F)cc(C(F)(F)F)c4)cs3)SC2=S)cc1. The van der Waals surface area contributed by atoms with Gasteiger partial charge in [0, 0.05) is 10.6 Å². The van der Waals surface area contributed by atoms with Crippen molar-refractivity contribution in [1.29, 1.82) is 0 Å². The minimum atomic E-state index is -4.99. The summed E-state index contributed by atoms with van der Waals surface area (Å²) in [4.78, 5) is 39.4. The zero-order valence-corrected chi connectivity index (χ0v) is 25.5. The van der Waals surface area contributed by atoms with Crippen molar-refractivity contribution < 1.29 is 45.5 Å². The molecule has 0 radical (unpaired) electrons. The standard InChI is InChI=1S/C29H22F6N2O4S3/c1-27(2,3)41-25(40)15-4-6-20(7-5-15)36-23(38)13-37-24(39)22(44-26(37)42)12-21-10-17(14-43-21)16-8-18(28(30,31)32)11-19(9-16)29(33,34)35/h4-12,14H,13H2,1-3H3,(H,36,38). The van der Waals surface area contributed by atoms with Gasteiger partial charge >= 0.3 is 18.3 Å². The molecule has 0 atom stereocenters. The van der Waals surface area contributed by atoms with E-state index < -0.39 is 53.4 Å². The highest BCUT2D eigenvalue weighted by Gasteiger charge is 2.37. The van der Waals surface area contributed by atoms with Crippen molar-refractivity contribution in [3.63, 3.8) is 0 Å². The summed E-state index contributed by atoms with van der Waals surface area (Å²) in [7, 11) is 0. The molecule has 1 fully saturated rings. The predicted octanol–water partition coefficient (Wildman–Crippen LogP) is 8.25. The number of ether oxygens (including phenoxy) is 1. The number of benzene rings is 2. The summed E-state index contributed by atoms with van der Waals surface area (Å²) >= 11 is 7.15. The van der Waals surface area contributed by atoms with Crippen LogP contribution in [0, 0.1) is 0 Å². The van der Waals surface area contributed by atoms with E-state index in [4.69, 9.17) is 17.0 Å². The first-order chi connectivity index (χ1) is 20.3. The first kappa shape index (κ1) is 33.2. The number of carbonyl (C=O) groups excluding carboxylic acids is 3. The van der Waals surface area contributed by atoms with Crippen molar-refractivity contribution in [2.45, 2.75) is 38.7 Å². The molecule has 1 aliphatic heterocycles. The highest BCUT2D eigenvalue weighted by Crippen LogP contribution is 2.40. The number of nitrogens with zero attached hydrogens (tertiary/aromatic N) is 1. The predicted molar refractivity (Wildman–Crippen MR) is 160 cm³/mol. The highest BCUT2D eigenvalue weighted by atomic mass is 32.2. The molecule has 0 unspecified atom stereocenters. The molecule has 6 nitrogen and oxygen atoms in total. The second-order valence-electron chi connectivity index (χ2n) is 10.4. The Morgan fingerprint density at radius 1 is 0.932 bits per heavy atom. The van der Waals surface area contributed by atoms with E-state index in [0.29, 0.717) is 22.7 Å². The van der Waals surface area contributed by atoms with Crippen LogP contribution >= 0.6 is 35.3 Å². The molecule has 0 saturated carbocycles. The van der Waals surface area contributed by atoms with Gasteiger partial charge < -0.3 is 10.1 Å². The molecule has 2 amide bonds. The first-order valence-electron chi connectivity index (χ1n) is 12.6. The Morgan fingerprint density at radius 2 is 1.52 bits per heavy atom. The van der Waals surface area contributed by atoms with Crippen LogP contribution in [0.15, 0.2) is 58.8 Å². The molecule has 0 spiro atoms. The van der Waals surface area contributed by atoms with Crippen LogP contribution in [0.25, 0.3) is 17.2 Å². The summed E-state index contributed by atoms with van der Waals surface area (Å²) in [6.07, 6.45) is -8.57. The summed E-state index contributed by atoms with van der Waals surface area (Å²) in [6.45, 7) is 4.78. The van der Waals surface area contributed by atoms with Gasteiger partial charge in [-0.15, -0.1) is 11.3 Å². The number of hydrogen-bond acceptors (Lipinski definition) is 7. The number of thiocarbonyl (C=S) groups is 1. The summed E-state index contributed by atoms with van der Waals surface area (Å²) in [5, 5.41) is 3.99. The molecular weight excluding hydrogens is 651 g/mol. The Hall–Kier alpha value is -3.69. The molecule has 0 aliphatic carbocycles. The summed E-state index contributed by atoms with van der Waals surface area (Å²) in [6, 6.07) is 8.62. The largest absolute Gasteiger partial charge is 0.456 e. The molecule has 1 N–H and O–H groups in total. The fourth-order valence-corrected chi connectivity index (χ4v) is 6.01. The number of halogens is 6. The molecule has 1 aromatic heterocycles. The third kappa shape index (κ3) is 8.27. The van der Waals surface area contributed by atoms with E-state index in [1.54, 1.807) is 20.8 Å². The summed E-state index contributed by atoms with van der Waals surface area (Å²) in [5.41, 5.74) is -3.09. The Labute approximate surface area is 261 Å². The van der Waals surface area contributed by atoms with Crippen molar-refractivity contribution in [2.24, 2.45) is 0 Å². The van der Waals surface area contributed by atoms with Crippen LogP contribution in [0.1, 0.15) is 47.1 Å². The third-order valence-corrected chi connectivity index (χ3v) is 8.05. The minimum Gasteiger partial charge on any atom is -0.456 e. The average Bonchev–Trinajstić information content (AvgIpc) is 3.47. The second-order valence-corrected chi connectivity index (χ2v) is 13.0. The fourth-order valence-electron chi connectivity index (χ4n) is 3.84. The molecule has 1 aliphatic rings. The van der Waals surface area contributed by atoms with Gasteiger partial charge in [0.15, 0.2) is 0 Å². The van der Waals surface area contributed by atoms with E-state index in [0.717, 1.165) is 28.0 Å². The Kier molecular flexibility index (Phi) is 9.33. The topological polar surface area (TPSA) is 75.7 Å². The van der Waals surface area contributed by atoms with Crippen LogP contribution in [0.3, 0.4) is 0 Å². The van der Waals surface area contributed by atoms with E-state index in [2.05, 4.69) is 5.32 Å². The lowest BCUT2D eigenvalue weighted by Gasteiger charge is -2.19. The molecule has 4 rings (SSSR count). The smallest absolute Gasteiger partial charge is 0.416 e. The van der Waals surface area contributed by atoms with Crippen molar-refractivity contribution >= 4 is 69.2 Å². The summed E-state index contributed by atoms with van der Waals surface area (Å²) < 4.78 is 85.0. The average molecular weight is 673 g/mol. The van der Waals surface area contributed by atoms with Gasteiger partial charge in [-0.25, -0.2) is 4.79 Å². The van der Waals surface area contributed by atoms with Gasteiger partial charge in [-0.3, -0.25) is 14.5 Å². The van der Waals surface area contributed by atoms with Gasteiger partial charge in [-0.1, -0.05) is 24.0 Å². The first-order valence-corrected chi connectivity index (χ1v) is 14.7. The maximum Gasteiger partial charge on any atom is 0.416 e. The van der Waals surface area contributed by atoms with Crippen LogP contribution in [0.2, 0.25) is 0 Å². The number of thiophene rings is 1. The molecule has 44 heavy (non-hydrogen) atoms. The maximum absolute atomic E-state index is 13.3. The van der Waals surface area contributed by atoms with Crippen LogP contribution in [0.5, 0.6) is 0 Å². The van der Waals surface area contributed by atoms with Gasteiger partial charge in [0.2, 0.25) is 5.91 Å². The number of thioether (sulfide) groups is 1. The monoisotopic (exact) mass is 672 g/mol. The number of amides is 2. The molecule has 232 valence electrons. The molecule has 15 heteroatoms. The normalized spacial score (nSPS) is 15.2. The van der Waals surface area contributed by atoms with Crippen LogP contribution in [-0.2, 0) is 26.7 Å². The zero-order chi connectivity index (χ0) is 32.6. The molecule has 0 bridgehead atoms. The van der Waals surface area contributed by atoms with E-state index >= 15 is 0 Å². The number of nitrogens with one attached hydrogen (secondary N) is 1. The maximum atomic E-state index is 13.3. The zero-order valence-electron chi connectivity index (χ0n) is 23.1. The highest BCUT2D eigenvalue weighted by molar-refractivity contribution is 8.26. The Morgan fingerprint density at radius 3 is 2.07 bits per heavy atom. The fraction of sp³-hybridized carbons (Fsp3) is 0.241. The summed E-state index contributed by atoms with van der Waals surface area (Å²) in [5.74, 6) is -1.70. The van der Waals surface area contributed by atoms with E-state index in [-0.39, 0.29) is 32.0 Å². The van der Waals surface area contributed by atoms with Gasteiger partial charge in [-0.05, 0) is 91.9 Å². The van der Waals surface area contributed by atoms with Crippen LogP contribution in [0.4, 0.5) is 32.0 Å². The lowest BCUT2D eigenvalue weighted by atomic mass is 10.0. The van der Waals surface area contributed by atoms with E-state index in [9.17, 15) is 40.7 Å². The van der Waals surface area contributed by atoms with Crippen LogP contribution in [-0.4, -0.2) is 39.1 Å². The van der Waals surface area contributed by atoms with Crippen molar-refractivity contribution in [2.75, 3.05) is 11.9 Å². The number of anilines is 1. The van der Waals surface area contributed by atoms with Gasteiger partial charge in [0.05, 0.1) is 21.6 Å². The number of esters is 1. The van der Waals surface area contributed by atoms with E-state index in [1.807, 2.05) is 0 Å². The molecule has 3 aromatic rings. The molecule has 1 saturated heterocycles. The lowest BCUT2D eigenvalue weighted by Crippen LogP contribution is -2.36. The number of carbonyl (C=O) groups is 3. The van der Waals surface area contributed by atoms with Crippen molar-refractivity contribution in [1.82, 2.24) is 4.90 Å². The van der Waals surface area contributed by atoms with E-state index in [1.165, 1.54) is 41.8 Å². The van der Waals surface area contributed by atoms with Crippen LogP contribution < -0.4 is 5.32 Å². The number of rotatable bonds is 6. The van der Waals surface area contributed by atoms with Crippen molar-refractivity contribution in [3.8, 4) is 11.1 Å². The van der Waals surface area contributed by atoms with Gasteiger partial charge in [0.25, 0.3) is 5.91 Å². The molecule has 2 aromatic carbocycles. The second kappa shape index (κ2) is 12.4. The lowest BCUT2D eigenvalue weighted by molar-refractivity contribution is -0.143.